The number of benzene rings is 1. The molecule has 3 rings (SSSR count). The lowest BCUT2D eigenvalue weighted by Crippen LogP contribution is -2.22. The van der Waals surface area contributed by atoms with Crippen molar-refractivity contribution in [1.29, 1.82) is 0 Å². The summed E-state index contributed by atoms with van der Waals surface area (Å²) < 4.78 is 0. The molecule has 0 fully saturated rings. The van der Waals surface area contributed by atoms with E-state index in [2.05, 4.69) is 46.4 Å². The fraction of sp³-hybridized carbons (Fsp3) is 0.294. The van der Waals surface area contributed by atoms with Gasteiger partial charge >= 0.3 is 0 Å². The van der Waals surface area contributed by atoms with Crippen LogP contribution >= 0.6 is 11.3 Å². The second-order valence-electron chi connectivity index (χ2n) is 6.43. The van der Waals surface area contributed by atoms with Crippen molar-refractivity contribution in [3.05, 3.63) is 41.7 Å². The third-order valence-electron chi connectivity index (χ3n) is 3.48. The lowest BCUT2D eigenvalue weighted by Gasteiger charge is -2.14. The Hall–Kier alpha value is -2.54. The molecule has 0 unspecified atom stereocenters. The molecule has 7 heteroatoms. The summed E-state index contributed by atoms with van der Waals surface area (Å²) in [7, 11) is 0. The van der Waals surface area contributed by atoms with Gasteiger partial charge in [0.15, 0.2) is 5.13 Å². The number of anilines is 2. The molecule has 0 saturated heterocycles. The van der Waals surface area contributed by atoms with Gasteiger partial charge in [0.1, 0.15) is 12.1 Å². The second kappa shape index (κ2) is 6.52. The zero-order valence-corrected chi connectivity index (χ0v) is 14.6. The smallest absolute Gasteiger partial charge is 0.245 e. The average molecular weight is 341 g/mol. The van der Waals surface area contributed by atoms with Crippen LogP contribution in [0.5, 0.6) is 0 Å². The second-order valence-corrected chi connectivity index (χ2v) is 7.29. The number of rotatable bonds is 4. The first kappa shape index (κ1) is 16.3. The number of aromatic nitrogens is 3. The Morgan fingerprint density at radius 1 is 1.21 bits per heavy atom. The first-order valence-corrected chi connectivity index (χ1v) is 8.51. The summed E-state index contributed by atoms with van der Waals surface area (Å²) in [5.74, 6) is 0.484. The van der Waals surface area contributed by atoms with Gasteiger partial charge in [-0.25, -0.2) is 15.0 Å². The summed E-state index contributed by atoms with van der Waals surface area (Å²) >= 11 is 1.43. The van der Waals surface area contributed by atoms with E-state index in [4.69, 9.17) is 0 Å². The van der Waals surface area contributed by atoms with Crippen LogP contribution in [0, 0.1) is 0 Å². The minimum Gasteiger partial charge on any atom is -0.360 e. The SMILES string of the molecule is CC(C)(C)c1csc(NC(=O)CNc2ncnc3ccccc23)n1. The van der Waals surface area contributed by atoms with Crippen LogP contribution in [-0.2, 0) is 10.2 Å². The van der Waals surface area contributed by atoms with Crippen LogP contribution in [-0.4, -0.2) is 27.4 Å². The number of amides is 1. The molecule has 0 radical (unpaired) electrons. The van der Waals surface area contributed by atoms with Crippen molar-refractivity contribution in [3.63, 3.8) is 0 Å². The molecule has 0 aliphatic rings. The molecule has 1 amide bonds. The molecule has 6 nitrogen and oxygen atoms in total. The largest absolute Gasteiger partial charge is 0.360 e. The van der Waals surface area contributed by atoms with Crippen molar-refractivity contribution < 1.29 is 4.79 Å². The van der Waals surface area contributed by atoms with Crippen molar-refractivity contribution >= 4 is 39.1 Å². The summed E-state index contributed by atoms with van der Waals surface area (Å²) in [5.41, 5.74) is 1.78. The van der Waals surface area contributed by atoms with Crippen molar-refractivity contribution in [2.75, 3.05) is 17.2 Å². The van der Waals surface area contributed by atoms with Gasteiger partial charge in [-0.15, -0.1) is 11.3 Å². The number of fused-ring (bicyclic) bond motifs is 1. The van der Waals surface area contributed by atoms with E-state index in [9.17, 15) is 4.79 Å². The number of hydrogen-bond acceptors (Lipinski definition) is 6. The van der Waals surface area contributed by atoms with E-state index in [1.165, 1.54) is 17.7 Å². The Kier molecular flexibility index (Phi) is 4.44. The molecule has 2 aromatic heterocycles. The van der Waals surface area contributed by atoms with Gasteiger partial charge in [0.05, 0.1) is 17.8 Å². The quantitative estimate of drug-likeness (QED) is 0.760. The molecule has 2 N–H and O–H groups in total. The van der Waals surface area contributed by atoms with Crippen LogP contribution in [0.15, 0.2) is 36.0 Å². The highest BCUT2D eigenvalue weighted by Crippen LogP contribution is 2.26. The minimum absolute atomic E-state index is 0.0302. The number of thiazole rings is 1. The Morgan fingerprint density at radius 3 is 2.75 bits per heavy atom. The highest BCUT2D eigenvalue weighted by atomic mass is 32.1. The Morgan fingerprint density at radius 2 is 2.00 bits per heavy atom. The first-order valence-electron chi connectivity index (χ1n) is 7.63. The summed E-state index contributed by atoms with van der Waals surface area (Å²) in [5, 5.41) is 9.34. The van der Waals surface area contributed by atoms with E-state index in [1.54, 1.807) is 0 Å². The molecule has 0 aliphatic carbocycles. The monoisotopic (exact) mass is 341 g/mol. The van der Waals surface area contributed by atoms with E-state index in [0.29, 0.717) is 10.9 Å². The number of para-hydroxylation sites is 1. The average Bonchev–Trinajstić information content (AvgIpc) is 3.01. The van der Waals surface area contributed by atoms with E-state index in [1.807, 2.05) is 29.6 Å². The molecular formula is C17H19N5OS. The van der Waals surface area contributed by atoms with Crippen molar-refractivity contribution in [2.45, 2.75) is 26.2 Å². The molecule has 0 atom stereocenters. The van der Waals surface area contributed by atoms with Crippen LogP contribution < -0.4 is 10.6 Å². The maximum atomic E-state index is 12.1. The Balaban J connectivity index is 1.64. The van der Waals surface area contributed by atoms with E-state index in [0.717, 1.165) is 16.6 Å². The first-order chi connectivity index (χ1) is 11.4. The number of carbonyl (C=O) groups excluding carboxylic acids is 1. The fourth-order valence-electron chi connectivity index (χ4n) is 2.15. The number of hydrogen-bond donors (Lipinski definition) is 2. The van der Waals surface area contributed by atoms with Gasteiger partial charge in [-0.1, -0.05) is 32.9 Å². The summed E-state index contributed by atoms with van der Waals surface area (Å²) in [6.07, 6.45) is 1.49. The minimum atomic E-state index is -0.160. The van der Waals surface area contributed by atoms with Gasteiger partial charge in [0, 0.05) is 16.2 Å². The summed E-state index contributed by atoms with van der Waals surface area (Å²) in [4.78, 5) is 25.0. The molecule has 1 aromatic carbocycles. The van der Waals surface area contributed by atoms with Crippen LogP contribution in [0.1, 0.15) is 26.5 Å². The van der Waals surface area contributed by atoms with E-state index in [-0.39, 0.29) is 17.9 Å². The van der Waals surface area contributed by atoms with Gasteiger partial charge in [0.2, 0.25) is 5.91 Å². The third kappa shape index (κ3) is 3.68. The Bertz CT molecular complexity index is 863. The Labute approximate surface area is 144 Å². The van der Waals surface area contributed by atoms with Crippen LogP contribution in [0.2, 0.25) is 0 Å². The van der Waals surface area contributed by atoms with Crippen LogP contribution in [0.25, 0.3) is 10.9 Å². The normalized spacial score (nSPS) is 11.5. The number of carbonyl (C=O) groups is 1. The highest BCUT2D eigenvalue weighted by Gasteiger charge is 2.18. The summed E-state index contributed by atoms with van der Waals surface area (Å²) in [6.45, 7) is 6.39. The van der Waals surface area contributed by atoms with Gasteiger partial charge in [-0.05, 0) is 12.1 Å². The third-order valence-corrected chi connectivity index (χ3v) is 4.24. The van der Waals surface area contributed by atoms with Crippen LogP contribution in [0.4, 0.5) is 10.9 Å². The van der Waals surface area contributed by atoms with E-state index >= 15 is 0 Å². The molecule has 2 heterocycles. The molecule has 0 bridgehead atoms. The predicted octanol–water partition coefficient (Wildman–Crippen LogP) is 3.43. The lowest BCUT2D eigenvalue weighted by atomic mass is 9.93. The number of nitrogens with one attached hydrogen (secondary N) is 2. The van der Waals surface area contributed by atoms with Crippen LogP contribution in [0.3, 0.4) is 0 Å². The van der Waals surface area contributed by atoms with Crippen molar-refractivity contribution in [3.8, 4) is 0 Å². The van der Waals surface area contributed by atoms with E-state index < -0.39 is 0 Å². The maximum Gasteiger partial charge on any atom is 0.245 e. The summed E-state index contributed by atoms with van der Waals surface area (Å²) in [6, 6.07) is 7.67. The lowest BCUT2D eigenvalue weighted by molar-refractivity contribution is -0.114. The topological polar surface area (TPSA) is 79.8 Å². The standard InChI is InChI=1S/C17H19N5OS/c1-17(2,3)13-9-24-16(21-13)22-14(23)8-18-15-11-6-4-5-7-12(11)19-10-20-15/h4-7,9-10H,8H2,1-3H3,(H,18,19,20)(H,21,22,23). The van der Waals surface area contributed by atoms with Gasteiger partial charge in [-0.2, -0.15) is 0 Å². The zero-order chi connectivity index (χ0) is 17.2. The zero-order valence-electron chi connectivity index (χ0n) is 13.8. The highest BCUT2D eigenvalue weighted by molar-refractivity contribution is 7.13. The predicted molar refractivity (Wildman–Crippen MR) is 97.5 cm³/mol. The molecule has 0 aliphatic heterocycles. The molecular weight excluding hydrogens is 322 g/mol. The molecule has 124 valence electrons. The number of nitrogens with zero attached hydrogens (tertiary/aromatic N) is 3. The van der Waals surface area contributed by atoms with Gasteiger partial charge in [-0.3, -0.25) is 4.79 Å². The maximum absolute atomic E-state index is 12.1. The fourth-order valence-corrected chi connectivity index (χ4v) is 3.10. The molecule has 24 heavy (non-hydrogen) atoms. The van der Waals surface area contributed by atoms with Crippen molar-refractivity contribution in [2.24, 2.45) is 0 Å². The van der Waals surface area contributed by atoms with Crippen molar-refractivity contribution in [1.82, 2.24) is 15.0 Å². The molecule has 3 aromatic rings. The van der Waals surface area contributed by atoms with Gasteiger partial charge in [0.25, 0.3) is 0 Å². The molecule has 0 spiro atoms. The molecule has 0 saturated carbocycles. The van der Waals surface area contributed by atoms with Gasteiger partial charge < -0.3 is 10.6 Å².